The summed E-state index contributed by atoms with van der Waals surface area (Å²) in [6, 6.07) is 2.29. The molecule has 1 saturated heterocycles. The molecule has 96 valence electrons. The first-order valence-corrected chi connectivity index (χ1v) is 8.99. The van der Waals surface area contributed by atoms with E-state index in [1.165, 1.54) is 10.4 Å². The molecule has 1 aliphatic heterocycles. The first-order valence-electron chi connectivity index (χ1n) is 5.56. The molecule has 2 unspecified atom stereocenters. The molecule has 0 aromatic carbocycles. The molecule has 0 radical (unpaired) electrons. The molecule has 1 aromatic heterocycles. The zero-order valence-electron chi connectivity index (χ0n) is 9.86. The highest BCUT2D eigenvalue weighted by atomic mass is 79.9. The summed E-state index contributed by atoms with van der Waals surface area (Å²) < 4.78 is 24.2. The van der Waals surface area contributed by atoms with Gasteiger partial charge in [0.2, 0.25) is 0 Å². The van der Waals surface area contributed by atoms with Crippen LogP contribution in [0.4, 0.5) is 0 Å². The summed E-state index contributed by atoms with van der Waals surface area (Å²) in [6.07, 6.45) is 0.766. The van der Waals surface area contributed by atoms with Gasteiger partial charge in [0, 0.05) is 10.9 Å². The number of hydrogen-bond donors (Lipinski definition) is 1. The Kier molecular flexibility index (Phi) is 3.97. The summed E-state index contributed by atoms with van der Waals surface area (Å²) in [5, 5.41) is 3.26. The monoisotopic (exact) mass is 337 g/mol. The summed E-state index contributed by atoms with van der Waals surface area (Å²) in [5.41, 5.74) is 1.21. The molecule has 1 aromatic rings. The Morgan fingerprint density at radius 1 is 1.59 bits per heavy atom. The van der Waals surface area contributed by atoms with Gasteiger partial charge in [-0.25, -0.2) is 8.42 Å². The quantitative estimate of drug-likeness (QED) is 0.921. The topological polar surface area (TPSA) is 46.2 Å². The number of halogens is 1. The van der Waals surface area contributed by atoms with Gasteiger partial charge in [-0.1, -0.05) is 0 Å². The molecule has 2 rings (SSSR count). The number of sulfone groups is 1. The Morgan fingerprint density at radius 2 is 2.29 bits per heavy atom. The predicted octanol–water partition coefficient (Wildman–Crippen LogP) is 2.51. The van der Waals surface area contributed by atoms with Crippen molar-refractivity contribution < 1.29 is 8.42 Å². The van der Waals surface area contributed by atoms with Gasteiger partial charge in [0.25, 0.3) is 0 Å². The third-order valence-electron chi connectivity index (χ3n) is 3.23. The Morgan fingerprint density at radius 3 is 2.71 bits per heavy atom. The van der Waals surface area contributed by atoms with Crippen molar-refractivity contribution in [2.24, 2.45) is 5.92 Å². The molecule has 6 heteroatoms. The number of aryl methyl sites for hydroxylation is 1. The minimum Gasteiger partial charge on any atom is -0.312 e. The molecule has 2 heterocycles. The summed E-state index contributed by atoms with van der Waals surface area (Å²) in [7, 11) is -0.908. The minimum atomic E-state index is -2.81. The van der Waals surface area contributed by atoms with Gasteiger partial charge in [0.15, 0.2) is 9.84 Å². The minimum absolute atomic E-state index is 0.155. The number of thiophene rings is 1. The molecule has 0 spiro atoms. The summed E-state index contributed by atoms with van der Waals surface area (Å²) in [6.45, 7) is 2.06. The van der Waals surface area contributed by atoms with Gasteiger partial charge in [0.05, 0.1) is 15.3 Å². The molecular formula is C11H16BrNO2S2. The average molecular weight is 338 g/mol. The van der Waals surface area contributed by atoms with Crippen LogP contribution in [0.1, 0.15) is 22.9 Å². The van der Waals surface area contributed by atoms with Gasteiger partial charge in [0.1, 0.15) is 0 Å². The standard InChI is InChI=1S/C11H16BrNO2S2/c1-7-5-9(16-11(7)12)10(13-2)8-3-4-17(14,15)6-8/h5,8,10,13H,3-4,6H2,1-2H3. The molecule has 3 nitrogen and oxygen atoms in total. The second-order valence-electron chi connectivity index (χ2n) is 4.53. The largest absolute Gasteiger partial charge is 0.312 e. The lowest BCUT2D eigenvalue weighted by atomic mass is 9.98. The van der Waals surface area contributed by atoms with E-state index in [1.54, 1.807) is 11.3 Å². The fraction of sp³-hybridized carbons (Fsp3) is 0.636. The lowest BCUT2D eigenvalue weighted by Crippen LogP contribution is -2.25. The smallest absolute Gasteiger partial charge is 0.150 e. The van der Waals surface area contributed by atoms with Gasteiger partial charge in [-0.15, -0.1) is 11.3 Å². The molecular weight excluding hydrogens is 322 g/mol. The van der Waals surface area contributed by atoms with Gasteiger partial charge in [-0.05, 0) is 53.9 Å². The molecule has 1 N–H and O–H groups in total. The van der Waals surface area contributed by atoms with E-state index in [9.17, 15) is 8.42 Å². The second kappa shape index (κ2) is 4.99. The van der Waals surface area contributed by atoms with Crippen LogP contribution in [0.2, 0.25) is 0 Å². The Balaban J connectivity index is 2.23. The van der Waals surface area contributed by atoms with Crippen LogP contribution in [0.25, 0.3) is 0 Å². The normalized spacial score (nSPS) is 25.0. The molecule has 17 heavy (non-hydrogen) atoms. The lowest BCUT2D eigenvalue weighted by Gasteiger charge is -2.20. The predicted molar refractivity (Wildman–Crippen MR) is 75.3 cm³/mol. The van der Waals surface area contributed by atoms with Crippen LogP contribution in [-0.4, -0.2) is 27.0 Å². The van der Waals surface area contributed by atoms with Crippen LogP contribution in [0.3, 0.4) is 0 Å². The molecule has 1 aliphatic rings. The van der Waals surface area contributed by atoms with Crippen molar-refractivity contribution in [1.29, 1.82) is 0 Å². The maximum atomic E-state index is 11.5. The van der Waals surface area contributed by atoms with Crippen molar-refractivity contribution >= 4 is 37.1 Å². The van der Waals surface area contributed by atoms with Gasteiger partial charge < -0.3 is 5.32 Å². The van der Waals surface area contributed by atoms with E-state index >= 15 is 0 Å². The first kappa shape index (κ1) is 13.5. The van der Waals surface area contributed by atoms with Crippen molar-refractivity contribution in [3.05, 3.63) is 20.3 Å². The molecule has 0 saturated carbocycles. The Bertz CT molecular complexity index is 490. The fourth-order valence-corrected chi connectivity index (χ4v) is 5.95. The maximum absolute atomic E-state index is 11.5. The molecule has 0 aliphatic carbocycles. The third-order valence-corrected chi connectivity index (χ3v) is 7.25. The zero-order valence-corrected chi connectivity index (χ0v) is 13.1. The molecule has 0 amide bonds. The Hall–Kier alpha value is 0.0900. The first-order chi connectivity index (χ1) is 7.93. The lowest BCUT2D eigenvalue weighted by molar-refractivity contribution is 0.424. The van der Waals surface area contributed by atoms with Crippen LogP contribution >= 0.6 is 27.3 Å². The van der Waals surface area contributed by atoms with Crippen molar-refractivity contribution in [2.75, 3.05) is 18.6 Å². The van der Waals surface area contributed by atoms with E-state index in [2.05, 4.69) is 34.2 Å². The molecule has 2 atom stereocenters. The third kappa shape index (κ3) is 2.92. The number of hydrogen-bond acceptors (Lipinski definition) is 4. The van der Waals surface area contributed by atoms with Crippen LogP contribution in [-0.2, 0) is 9.84 Å². The van der Waals surface area contributed by atoms with E-state index in [-0.39, 0.29) is 12.0 Å². The maximum Gasteiger partial charge on any atom is 0.150 e. The van der Waals surface area contributed by atoms with E-state index < -0.39 is 9.84 Å². The highest BCUT2D eigenvalue weighted by molar-refractivity contribution is 9.11. The van der Waals surface area contributed by atoms with Crippen LogP contribution < -0.4 is 5.32 Å². The van der Waals surface area contributed by atoms with Crippen molar-refractivity contribution in [3.63, 3.8) is 0 Å². The summed E-state index contributed by atoms with van der Waals surface area (Å²) in [5.74, 6) is 0.851. The highest BCUT2D eigenvalue weighted by Crippen LogP contribution is 2.37. The van der Waals surface area contributed by atoms with Gasteiger partial charge in [-0.3, -0.25) is 0 Å². The van der Waals surface area contributed by atoms with E-state index in [0.717, 1.165) is 10.2 Å². The van der Waals surface area contributed by atoms with Crippen LogP contribution in [0.15, 0.2) is 9.85 Å². The van der Waals surface area contributed by atoms with E-state index in [1.807, 2.05) is 7.05 Å². The second-order valence-corrected chi connectivity index (χ2v) is 9.17. The van der Waals surface area contributed by atoms with E-state index in [0.29, 0.717) is 11.5 Å². The SMILES string of the molecule is CNC(c1cc(C)c(Br)s1)C1CCS(=O)(=O)C1. The van der Waals surface area contributed by atoms with Crippen molar-refractivity contribution in [2.45, 2.75) is 19.4 Å². The van der Waals surface area contributed by atoms with E-state index in [4.69, 9.17) is 0 Å². The summed E-state index contributed by atoms with van der Waals surface area (Å²) in [4.78, 5) is 1.22. The van der Waals surface area contributed by atoms with Crippen LogP contribution in [0.5, 0.6) is 0 Å². The zero-order chi connectivity index (χ0) is 12.6. The average Bonchev–Trinajstić information content (AvgIpc) is 2.73. The summed E-state index contributed by atoms with van der Waals surface area (Å²) >= 11 is 5.21. The van der Waals surface area contributed by atoms with Crippen molar-refractivity contribution in [1.82, 2.24) is 5.32 Å². The Labute approximate surface area is 115 Å². The molecule has 0 bridgehead atoms. The van der Waals surface area contributed by atoms with Gasteiger partial charge >= 0.3 is 0 Å². The van der Waals surface area contributed by atoms with Gasteiger partial charge in [-0.2, -0.15) is 0 Å². The fourth-order valence-electron chi connectivity index (χ4n) is 2.33. The van der Waals surface area contributed by atoms with Crippen molar-refractivity contribution in [3.8, 4) is 0 Å². The highest BCUT2D eigenvalue weighted by Gasteiger charge is 2.34. The van der Waals surface area contributed by atoms with Crippen LogP contribution in [0, 0.1) is 12.8 Å². The number of nitrogens with one attached hydrogen (secondary N) is 1. The molecule has 1 fully saturated rings. The number of rotatable bonds is 3.